The molecular formula is C15H28N2O2. The minimum absolute atomic E-state index is 0.0102. The van der Waals surface area contributed by atoms with Crippen LogP contribution in [0.5, 0.6) is 0 Å². The predicted molar refractivity (Wildman–Crippen MR) is 76.6 cm³/mol. The summed E-state index contributed by atoms with van der Waals surface area (Å²) in [4.78, 5) is 26.7. The lowest BCUT2D eigenvalue weighted by Gasteiger charge is -2.42. The molecule has 0 aromatic carbocycles. The highest BCUT2D eigenvalue weighted by Gasteiger charge is 2.42. The Morgan fingerprint density at radius 1 is 1.21 bits per heavy atom. The van der Waals surface area contributed by atoms with Crippen molar-refractivity contribution in [1.29, 1.82) is 0 Å². The molecule has 3 atom stereocenters. The highest BCUT2D eigenvalue weighted by molar-refractivity contribution is 5.97. The van der Waals surface area contributed by atoms with Crippen LogP contribution < -0.4 is 5.32 Å². The third kappa shape index (κ3) is 3.48. The monoisotopic (exact) mass is 268 g/mol. The Morgan fingerprint density at radius 3 is 2.32 bits per heavy atom. The van der Waals surface area contributed by atoms with E-state index in [9.17, 15) is 9.59 Å². The molecule has 0 aromatic rings. The quantitative estimate of drug-likeness (QED) is 0.802. The summed E-state index contributed by atoms with van der Waals surface area (Å²) < 4.78 is 0. The summed E-state index contributed by atoms with van der Waals surface area (Å²) in [5.74, 6) is 0.449. The molecule has 4 nitrogen and oxygen atoms in total. The Hall–Kier alpha value is -1.06. The SMILES string of the molecule is CCCCN1C(=O)C(C(C)CC)NC(=O)C1C(C)C. The molecule has 1 saturated heterocycles. The second-order valence-corrected chi connectivity index (χ2v) is 5.95. The first-order valence-electron chi connectivity index (χ1n) is 7.54. The number of rotatable bonds is 6. The van der Waals surface area contributed by atoms with Crippen LogP contribution in [-0.4, -0.2) is 35.3 Å². The standard InChI is InChI=1S/C15H28N2O2/c1-6-8-9-17-13(10(3)4)14(18)16-12(15(17)19)11(5)7-2/h10-13H,6-9H2,1-5H3,(H,16,18). The fourth-order valence-corrected chi connectivity index (χ4v) is 2.62. The van der Waals surface area contributed by atoms with Crippen molar-refractivity contribution in [2.45, 2.75) is 66.0 Å². The Morgan fingerprint density at radius 2 is 1.84 bits per heavy atom. The van der Waals surface area contributed by atoms with Crippen molar-refractivity contribution in [2.75, 3.05) is 6.54 Å². The molecule has 0 radical (unpaired) electrons. The van der Waals surface area contributed by atoms with E-state index >= 15 is 0 Å². The Kier molecular flexibility index (Phi) is 5.83. The third-order valence-electron chi connectivity index (χ3n) is 4.05. The molecule has 2 amide bonds. The molecule has 0 saturated carbocycles. The van der Waals surface area contributed by atoms with Crippen molar-refractivity contribution in [1.82, 2.24) is 10.2 Å². The van der Waals surface area contributed by atoms with E-state index in [-0.39, 0.29) is 35.7 Å². The van der Waals surface area contributed by atoms with Gasteiger partial charge in [-0.2, -0.15) is 0 Å². The van der Waals surface area contributed by atoms with Gasteiger partial charge in [-0.3, -0.25) is 9.59 Å². The molecule has 0 bridgehead atoms. The van der Waals surface area contributed by atoms with Crippen LogP contribution >= 0.6 is 0 Å². The van der Waals surface area contributed by atoms with Crippen LogP contribution in [0.25, 0.3) is 0 Å². The first kappa shape index (κ1) is 16.0. The third-order valence-corrected chi connectivity index (χ3v) is 4.05. The molecule has 1 aliphatic rings. The first-order chi connectivity index (χ1) is 8.93. The van der Waals surface area contributed by atoms with E-state index in [1.165, 1.54) is 0 Å². The van der Waals surface area contributed by atoms with Crippen LogP contribution in [0.1, 0.15) is 53.9 Å². The maximum absolute atomic E-state index is 12.6. The summed E-state index contributed by atoms with van der Waals surface area (Å²) in [6, 6.07) is -0.649. The lowest BCUT2D eigenvalue weighted by Crippen LogP contribution is -2.66. The van der Waals surface area contributed by atoms with Gasteiger partial charge in [0.25, 0.3) is 0 Å². The second-order valence-electron chi connectivity index (χ2n) is 5.95. The molecule has 110 valence electrons. The average molecular weight is 268 g/mol. The van der Waals surface area contributed by atoms with Gasteiger partial charge >= 0.3 is 0 Å². The van der Waals surface area contributed by atoms with Crippen LogP contribution in [0.3, 0.4) is 0 Å². The summed E-state index contributed by atoms with van der Waals surface area (Å²) >= 11 is 0. The van der Waals surface area contributed by atoms with E-state index < -0.39 is 0 Å². The molecule has 0 aliphatic carbocycles. The Balaban J connectivity index is 2.94. The van der Waals surface area contributed by atoms with Gasteiger partial charge in [-0.25, -0.2) is 0 Å². The highest BCUT2D eigenvalue weighted by atomic mass is 16.2. The van der Waals surface area contributed by atoms with Crippen LogP contribution in [0, 0.1) is 11.8 Å². The minimum atomic E-state index is -0.343. The fraction of sp³-hybridized carbons (Fsp3) is 0.867. The predicted octanol–water partition coefficient (Wildman–Crippen LogP) is 2.18. The second kappa shape index (κ2) is 6.92. The number of carbonyl (C=O) groups is 2. The minimum Gasteiger partial charge on any atom is -0.342 e. The summed E-state index contributed by atoms with van der Waals surface area (Å²) in [7, 11) is 0. The summed E-state index contributed by atoms with van der Waals surface area (Å²) in [6.07, 6.45) is 2.88. The van der Waals surface area contributed by atoms with E-state index in [4.69, 9.17) is 0 Å². The molecule has 1 fully saturated rings. The Labute approximate surface area is 116 Å². The zero-order valence-corrected chi connectivity index (χ0v) is 12.9. The molecule has 0 aromatic heterocycles. The maximum Gasteiger partial charge on any atom is 0.246 e. The van der Waals surface area contributed by atoms with Crippen molar-refractivity contribution < 1.29 is 9.59 Å². The zero-order valence-electron chi connectivity index (χ0n) is 12.9. The number of nitrogens with one attached hydrogen (secondary N) is 1. The van der Waals surface area contributed by atoms with Crippen LogP contribution in [0.15, 0.2) is 0 Å². The molecule has 1 N–H and O–H groups in total. The molecule has 1 aliphatic heterocycles. The number of hydrogen-bond acceptors (Lipinski definition) is 2. The van der Waals surface area contributed by atoms with E-state index in [1.807, 2.05) is 25.7 Å². The van der Waals surface area contributed by atoms with Gasteiger partial charge in [0.1, 0.15) is 12.1 Å². The Bertz CT molecular complexity index is 328. The molecule has 1 rings (SSSR count). The summed E-state index contributed by atoms with van der Waals surface area (Å²) in [6.45, 7) is 10.9. The largest absolute Gasteiger partial charge is 0.342 e. The van der Waals surface area contributed by atoms with Gasteiger partial charge in [0.05, 0.1) is 0 Å². The van der Waals surface area contributed by atoms with Gasteiger partial charge in [0.2, 0.25) is 11.8 Å². The molecule has 0 spiro atoms. The summed E-state index contributed by atoms with van der Waals surface area (Å²) in [5, 5.41) is 2.92. The van der Waals surface area contributed by atoms with Gasteiger partial charge in [-0.15, -0.1) is 0 Å². The van der Waals surface area contributed by atoms with E-state index in [0.29, 0.717) is 6.54 Å². The van der Waals surface area contributed by atoms with Gasteiger partial charge in [0.15, 0.2) is 0 Å². The first-order valence-corrected chi connectivity index (χ1v) is 7.54. The number of carbonyl (C=O) groups excluding carboxylic acids is 2. The molecule has 3 unspecified atom stereocenters. The van der Waals surface area contributed by atoms with Crippen molar-refractivity contribution in [3.8, 4) is 0 Å². The molecule has 4 heteroatoms. The van der Waals surface area contributed by atoms with E-state index in [0.717, 1.165) is 19.3 Å². The van der Waals surface area contributed by atoms with E-state index in [2.05, 4.69) is 19.2 Å². The smallest absolute Gasteiger partial charge is 0.246 e. The van der Waals surface area contributed by atoms with Gasteiger partial charge in [0, 0.05) is 6.54 Å². The number of piperazine rings is 1. The van der Waals surface area contributed by atoms with Gasteiger partial charge < -0.3 is 10.2 Å². The van der Waals surface area contributed by atoms with Crippen molar-refractivity contribution in [3.63, 3.8) is 0 Å². The summed E-state index contributed by atoms with van der Waals surface area (Å²) in [5.41, 5.74) is 0. The molecule has 19 heavy (non-hydrogen) atoms. The lowest BCUT2D eigenvalue weighted by atomic mass is 9.90. The molecule has 1 heterocycles. The highest BCUT2D eigenvalue weighted by Crippen LogP contribution is 2.22. The van der Waals surface area contributed by atoms with Crippen molar-refractivity contribution >= 4 is 11.8 Å². The number of hydrogen-bond donors (Lipinski definition) is 1. The average Bonchev–Trinajstić information content (AvgIpc) is 2.37. The van der Waals surface area contributed by atoms with Crippen molar-refractivity contribution in [2.24, 2.45) is 11.8 Å². The fourth-order valence-electron chi connectivity index (χ4n) is 2.62. The van der Waals surface area contributed by atoms with Crippen molar-refractivity contribution in [3.05, 3.63) is 0 Å². The van der Waals surface area contributed by atoms with Gasteiger partial charge in [-0.1, -0.05) is 47.5 Å². The number of unbranched alkanes of at least 4 members (excludes halogenated alkanes) is 1. The molecular weight excluding hydrogens is 240 g/mol. The topological polar surface area (TPSA) is 49.4 Å². The maximum atomic E-state index is 12.6. The lowest BCUT2D eigenvalue weighted by molar-refractivity contribution is -0.152. The van der Waals surface area contributed by atoms with E-state index in [1.54, 1.807) is 0 Å². The zero-order chi connectivity index (χ0) is 14.6. The van der Waals surface area contributed by atoms with Crippen LogP contribution in [-0.2, 0) is 9.59 Å². The van der Waals surface area contributed by atoms with Crippen LogP contribution in [0.4, 0.5) is 0 Å². The van der Waals surface area contributed by atoms with Gasteiger partial charge in [-0.05, 0) is 18.3 Å². The number of amides is 2. The normalized spacial score (nSPS) is 25.7. The van der Waals surface area contributed by atoms with Crippen LogP contribution in [0.2, 0.25) is 0 Å². The number of nitrogens with zero attached hydrogens (tertiary/aromatic N) is 1.